The number of quaternary nitrogens is 1. The van der Waals surface area contributed by atoms with E-state index < -0.39 is 148 Å². The number of nitrogens with one attached hydrogen (secondary N) is 1. The summed E-state index contributed by atoms with van der Waals surface area (Å²) < 4.78 is 281. The Balaban J connectivity index is 0.000000631. The Labute approximate surface area is 290 Å². The van der Waals surface area contributed by atoms with Gasteiger partial charge in [0.2, 0.25) is 0 Å². The first-order valence-corrected chi connectivity index (χ1v) is 18.9. The van der Waals surface area contributed by atoms with Crippen molar-refractivity contribution in [2.75, 3.05) is 14.1 Å². The van der Waals surface area contributed by atoms with Crippen molar-refractivity contribution in [1.29, 1.82) is 0 Å². The van der Waals surface area contributed by atoms with Gasteiger partial charge in [-0.05, 0) is 12.1 Å². The molecule has 0 bridgehead atoms. The molecule has 0 atom stereocenters. The molecule has 1 N–H and O–H groups in total. The number of hydrogen-bond donors (Lipinski definition) is 1. The van der Waals surface area contributed by atoms with Crippen molar-refractivity contribution in [2.24, 2.45) is 0 Å². The molecule has 5 aromatic rings. The van der Waals surface area contributed by atoms with E-state index in [0.29, 0.717) is 0 Å². The standard InChI is InChI=1S/C8H11N.4C6F5.Ga/c1-9(2)8-6-4-3-5-7-8;4*7-2-1-3(8)5(10)6(11)4(2)9;/h3-7H,1-2H3;;;;;/q;;;;;-1/p+1. The first-order chi connectivity index (χ1) is 25.0. The van der Waals surface area contributed by atoms with Crippen LogP contribution in [0.25, 0.3) is 0 Å². The molecule has 0 heterocycles. The second kappa shape index (κ2) is 15.2. The second-order valence-corrected chi connectivity index (χ2v) is 19.6. The van der Waals surface area contributed by atoms with Crippen LogP contribution in [0.3, 0.4) is 0 Å². The van der Waals surface area contributed by atoms with Crippen LogP contribution in [0.5, 0.6) is 0 Å². The average Bonchev–Trinajstić information content (AvgIpc) is 3.15. The number of hydrogen-bond acceptors (Lipinski definition) is 0. The van der Waals surface area contributed by atoms with Crippen molar-refractivity contribution >= 4 is 37.2 Å². The zero-order valence-electron chi connectivity index (χ0n) is 26.0. The van der Waals surface area contributed by atoms with E-state index in [0.717, 1.165) is 0 Å². The van der Waals surface area contributed by atoms with Crippen LogP contribution in [-0.4, -0.2) is 29.1 Å². The Morgan fingerprint density at radius 2 is 0.444 bits per heavy atom. The zero-order chi connectivity index (χ0) is 41.0. The fourth-order valence-corrected chi connectivity index (χ4v) is 17.8. The average molecular weight is 860 g/mol. The molecule has 0 radical (unpaired) electrons. The number of para-hydroxylation sites is 1. The third kappa shape index (κ3) is 6.26. The van der Waals surface area contributed by atoms with Gasteiger partial charge in [0.1, 0.15) is 5.69 Å². The molecular formula is C32H12F20GaN. The summed E-state index contributed by atoms with van der Waals surface area (Å²) in [7, 11) is 4.24. The molecule has 0 amide bonds. The molecule has 0 aromatic heterocycles. The van der Waals surface area contributed by atoms with Crippen molar-refractivity contribution in [2.45, 2.75) is 0 Å². The van der Waals surface area contributed by atoms with Gasteiger partial charge in [0.05, 0.1) is 14.1 Å². The zero-order valence-corrected chi connectivity index (χ0v) is 28.4. The Bertz CT molecular complexity index is 1930. The van der Waals surface area contributed by atoms with Crippen molar-refractivity contribution in [3.63, 3.8) is 0 Å². The third-order valence-electron chi connectivity index (χ3n) is 8.06. The molecule has 0 unspecified atom stereocenters. The first-order valence-electron chi connectivity index (χ1n) is 14.1. The van der Waals surface area contributed by atoms with E-state index in [-0.39, 0.29) is 0 Å². The van der Waals surface area contributed by atoms with Gasteiger partial charge >= 0.3 is 236 Å². The Hall–Kier alpha value is -4.70. The summed E-state index contributed by atoms with van der Waals surface area (Å²) in [4.78, 5) is 1.37. The SMILES string of the molecule is C[NH+](C)c1ccccc1.Fc1c(F)c(F)[c]([Ga-]([c]2c(F)c(F)c(F)c(F)c2F)([c]2c(F)c(F)c(F)c(F)c2F)[c]2c(F)c(F)c(F)c(F)c2F)c(F)c1F. The molecule has 0 spiro atoms. The van der Waals surface area contributed by atoms with Crippen LogP contribution < -0.4 is 21.4 Å². The van der Waals surface area contributed by atoms with E-state index in [1.54, 1.807) is 0 Å². The van der Waals surface area contributed by atoms with Gasteiger partial charge in [-0.15, -0.1) is 0 Å². The van der Waals surface area contributed by atoms with Crippen LogP contribution >= 0.6 is 0 Å². The number of rotatable bonds is 5. The summed E-state index contributed by atoms with van der Waals surface area (Å²) >= 11 is -9.74. The second-order valence-electron chi connectivity index (χ2n) is 11.2. The van der Waals surface area contributed by atoms with Gasteiger partial charge in [-0.3, -0.25) is 0 Å². The van der Waals surface area contributed by atoms with Gasteiger partial charge < -0.3 is 4.90 Å². The summed E-state index contributed by atoms with van der Waals surface area (Å²) in [6.45, 7) is 0. The maximum atomic E-state index is 15.4. The van der Waals surface area contributed by atoms with Gasteiger partial charge in [0, 0.05) is 0 Å². The molecule has 5 rings (SSSR count). The summed E-state index contributed by atoms with van der Waals surface area (Å²) in [5, 5.41) is 0. The Morgan fingerprint density at radius 3 is 0.593 bits per heavy atom. The van der Waals surface area contributed by atoms with Crippen LogP contribution in [0, 0.1) is 116 Å². The van der Waals surface area contributed by atoms with E-state index in [4.69, 9.17) is 0 Å². The van der Waals surface area contributed by atoms with Gasteiger partial charge in [-0.2, -0.15) is 0 Å². The molecule has 0 aliphatic rings. The molecule has 0 saturated carbocycles. The van der Waals surface area contributed by atoms with Crippen molar-refractivity contribution in [1.82, 2.24) is 0 Å². The van der Waals surface area contributed by atoms with E-state index in [9.17, 15) is 52.7 Å². The van der Waals surface area contributed by atoms with E-state index in [1.165, 1.54) is 10.6 Å². The molecule has 54 heavy (non-hydrogen) atoms. The van der Waals surface area contributed by atoms with Gasteiger partial charge in [0.15, 0.2) is 0 Å². The Morgan fingerprint density at radius 1 is 0.278 bits per heavy atom. The number of benzene rings is 5. The third-order valence-corrected chi connectivity index (χ3v) is 19.6. The van der Waals surface area contributed by atoms with E-state index in [1.807, 2.05) is 6.07 Å². The minimum atomic E-state index is -9.74. The molecule has 22 heteroatoms. The molecule has 288 valence electrons. The summed E-state index contributed by atoms with van der Waals surface area (Å²) in [6, 6.07) is 10.4. The Kier molecular flexibility index (Phi) is 11.8. The fourth-order valence-electron chi connectivity index (χ4n) is 5.65. The molecule has 0 aliphatic heterocycles. The number of halogens is 20. The maximum absolute atomic E-state index is 15.4. The summed E-state index contributed by atoms with van der Waals surface area (Å²) in [5.41, 5.74) is 1.33. The monoisotopic (exact) mass is 859 g/mol. The summed E-state index contributed by atoms with van der Waals surface area (Å²) in [6.07, 6.45) is 0. The van der Waals surface area contributed by atoms with Gasteiger partial charge in [0.25, 0.3) is 0 Å². The fraction of sp³-hybridized carbons (Fsp3) is 0.0625. The molecular weight excluding hydrogens is 848 g/mol. The molecule has 0 fully saturated rings. The first kappa shape index (κ1) is 42.0. The van der Waals surface area contributed by atoms with Crippen molar-refractivity contribution in [3.8, 4) is 0 Å². The predicted molar refractivity (Wildman–Crippen MR) is 148 cm³/mol. The van der Waals surface area contributed by atoms with Crippen LogP contribution in [0.1, 0.15) is 0 Å². The quantitative estimate of drug-likeness (QED) is 0.0917. The van der Waals surface area contributed by atoms with Crippen LogP contribution in [-0.2, 0) is 0 Å². The molecule has 0 saturated heterocycles. The van der Waals surface area contributed by atoms with Crippen molar-refractivity contribution in [3.05, 3.63) is 147 Å². The van der Waals surface area contributed by atoms with Crippen LogP contribution in [0.4, 0.5) is 93.5 Å². The molecule has 0 aliphatic carbocycles. The van der Waals surface area contributed by atoms with Crippen LogP contribution in [0.15, 0.2) is 30.3 Å². The van der Waals surface area contributed by atoms with Crippen LogP contribution in [0.2, 0.25) is 0 Å². The predicted octanol–water partition coefficient (Wildman–Crippen LogP) is 6.31. The molecule has 1 nitrogen and oxygen atoms in total. The normalized spacial score (nSPS) is 11.7. The van der Waals surface area contributed by atoms with E-state index in [2.05, 4.69) is 38.4 Å². The topological polar surface area (TPSA) is 4.44 Å². The molecule has 5 aromatic carbocycles. The van der Waals surface area contributed by atoms with E-state index >= 15 is 35.1 Å². The van der Waals surface area contributed by atoms with Gasteiger partial charge in [-0.1, -0.05) is 18.2 Å². The van der Waals surface area contributed by atoms with Crippen molar-refractivity contribution < 1.29 is 92.7 Å². The van der Waals surface area contributed by atoms with Gasteiger partial charge in [-0.25, -0.2) is 0 Å². The minimum absolute atomic E-state index is 1.33. The summed E-state index contributed by atoms with van der Waals surface area (Å²) in [5.74, 6) is -70.5.